The van der Waals surface area contributed by atoms with Gasteiger partial charge < -0.3 is 14.4 Å². The van der Waals surface area contributed by atoms with Crippen molar-refractivity contribution in [1.82, 2.24) is 24.7 Å². The summed E-state index contributed by atoms with van der Waals surface area (Å²) in [5.74, 6) is 2.51. The van der Waals surface area contributed by atoms with Gasteiger partial charge in [0.2, 0.25) is 0 Å². The van der Waals surface area contributed by atoms with Crippen molar-refractivity contribution in [2.45, 2.75) is 12.8 Å². The summed E-state index contributed by atoms with van der Waals surface area (Å²) < 4.78 is 13.1. The van der Waals surface area contributed by atoms with Crippen molar-refractivity contribution in [2.75, 3.05) is 38.3 Å². The highest BCUT2D eigenvalue weighted by Crippen LogP contribution is 2.41. The molecule has 0 radical (unpaired) electrons. The monoisotopic (exact) mass is 442 g/mol. The number of aromatic nitrogens is 5. The smallest absolute Gasteiger partial charge is 0.155 e. The lowest BCUT2D eigenvalue weighted by Gasteiger charge is -2.47. The minimum absolute atomic E-state index is 0.295. The summed E-state index contributed by atoms with van der Waals surface area (Å²) >= 11 is 0. The van der Waals surface area contributed by atoms with E-state index in [1.54, 1.807) is 11.8 Å². The third-order valence-corrected chi connectivity index (χ3v) is 6.74. The van der Waals surface area contributed by atoms with Crippen LogP contribution in [0.2, 0.25) is 0 Å². The molecule has 6 rings (SSSR count). The SMILES string of the molecule is COc1cc(-c2cnn(C)c2)ccc1Cc1ncc2ccnc(N3CC4(CCOC4)C3)c2n1. The Morgan fingerprint density at radius 3 is 2.79 bits per heavy atom. The standard InChI is InChI=1S/C25H26N6O2/c1-30-13-20(12-28-30)17-3-4-18(21(9-17)32-2)10-22-27-11-19-5-7-26-24(23(19)29-22)31-14-25(15-31)6-8-33-16-25/h3-5,7,9,11-13H,6,8,10,14-16H2,1-2H3. The quantitative estimate of drug-likeness (QED) is 0.469. The fraction of sp³-hybridized carbons (Fsp3) is 0.360. The number of methoxy groups -OCH3 is 1. The summed E-state index contributed by atoms with van der Waals surface area (Å²) in [7, 11) is 3.61. The number of benzene rings is 1. The zero-order chi connectivity index (χ0) is 22.4. The lowest BCUT2D eigenvalue weighted by molar-refractivity contribution is 0.131. The fourth-order valence-corrected chi connectivity index (χ4v) is 4.92. The van der Waals surface area contributed by atoms with Crippen molar-refractivity contribution in [3.63, 3.8) is 0 Å². The normalized spacial score (nSPS) is 17.0. The Bertz CT molecular complexity index is 1320. The molecule has 1 spiro atoms. The number of nitrogens with zero attached hydrogens (tertiary/aromatic N) is 6. The molecular weight excluding hydrogens is 416 g/mol. The molecule has 33 heavy (non-hydrogen) atoms. The lowest BCUT2D eigenvalue weighted by Crippen LogP contribution is -2.57. The van der Waals surface area contributed by atoms with Crippen LogP contribution in [0.25, 0.3) is 22.0 Å². The number of hydrogen-bond acceptors (Lipinski definition) is 7. The first kappa shape index (κ1) is 20.1. The number of fused-ring (bicyclic) bond motifs is 1. The van der Waals surface area contributed by atoms with Gasteiger partial charge in [-0.1, -0.05) is 12.1 Å². The van der Waals surface area contributed by atoms with Gasteiger partial charge in [-0.2, -0.15) is 5.10 Å². The Morgan fingerprint density at radius 2 is 2.03 bits per heavy atom. The molecular formula is C25H26N6O2. The van der Waals surface area contributed by atoms with Gasteiger partial charge in [0.05, 0.1) is 19.9 Å². The molecule has 0 bridgehead atoms. The van der Waals surface area contributed by atoms with Crippen LogP contribution in [0.1, 0.15) is 17.8 Å². The number of pyridine rings is 1. The summed E-state index contributed by atoms with van der Waals surface area (Å²) in [6.07, 6.45) is 9.30. The Kier molecular flexibility index (Phi) is 4.76. The molecule has 2 saturated heterocycles. The number of aryl methyl sites for hydroxylation is 1. The van der Waals surface area contributed by atoms with E-state index >= 15 is 0 Å². The van der Waals surface area contributed by atoms with Crippen molar-refractivity contribution in [3.8, 4) is 16.9 Å². The van der Waals surface area contributed by atoms with E-state index in [1.165, 1.54) is 0 Å². The highest BCUT2D eigenvalue weighted by atomic mass is 16.5. The van der Waals surface area contributed by atoms with E-state index in [1.807, 2.05) is 44.0 Å². The molecule has 2 fully saturated rings. The number of anilines is 1. The van der Waals surface area contributed by atoms with E-state index in [-0.39, 0.29) is 0 Å². The molecule has 0 unspecified atom stereocenters. The lowest BCUT2D eigenvalue weighted by atomic mass is 9.79. The highest BCUT2D eigenvalue weighted by molar-refractivity contribution is 5.88. The fourth-order valence-electron chi connectivity index (χ4n) is 4.92. The molecule has 3 aromatic heterocycles. The Hall–Kier alpha value is -3.52. The van der Waals surface area contributed by atoms with E-state index in [2.05, 4.69) is 32.1 Å². The van der Waals surface area contributed by atoms with Gasteiger partial charge in [0.15, 0.2) is 5.82 Å². The van der Waals surface area contributed by atoms with Crippen molar-refractivity contribution >= 4 is 16.7 Å². The van der Waals surface area contributed by atoms with Crippen LogP contribution >= 0.6 is 0 Å². The Morgan fingerprint density at radius 1 is 1.12 bits per heavy atom. The van der Waals surface area contributed by atoms with Crippen LogP contribution in [0.4, 0.5) is 5.82 Å². The van der Waals surface area contributed by atoms with Crippen LogP contribution in [0, 0.1) is 5.41 Å². The highest BCUT2D eigenvalue weighted by Gasteiger charge is 2.46. The summed E-state index contributed by atoms with van der Waals surface area (Å²) in [4.78, 5) is 16.6. The van der Waals surface area contributed by atoms with Crippen LogP contribution in [-0.4, -0.2) is 58.1 Å². The number of ether oxygens (including phenoxy) is 2. The average molecular weight is 443 g/mol. The summed E-state index contributed by atoms with van der Waals surface area (Å²) in [6, 6.07) is 8.19. The molecule has 5 heterocycles. The number of hydrogen-bond donors (Lipinski definition) is 0. The maximum absolute atomic E-state index is 5.70. The first-order chi connectivity index (χ1) is 16.1. The number of rotatable bonds is 5. The third kappa shape index (κ3) is 3.60. The van der Waals surface area contributed by atoms with Gasteiger partial charge in [-0.3, -0.25) is 4.68 Å². The molecule has 8 heteroatoms. The molecule has 0 atom stereocenters. The van der Waals surface area contributed by atoms with E-state index in [4.69, 9.17) is 14.5 Å². The van der Waals surface area contributed by atoms with E-state index in [0.29, 0.717) is 11.8 Å². The molecule has 2 aliphatic heterocycles. The van der Waals surface area contributed by atoms with Crippen molar-refractivity contribution < 1.29 is 9.47 Å². The summed E-state index contributed by atoms with van der Waals surface area (Å²) in [5.41, 5.74) is 4.36. The second-order valence-electron chi connectivity index (χ2n) is 9.12. The van der Waals surface area contributed by atoms with Crippen LogP contribution in [-0.2, 0) is 18.2 Å². The second-order valence-corrected chi connectivity index (χ2v) is 9.12. The molecule has 4 aromatic rings. The van der Waals surface area contributed by atoms with Gasteiger partial charge in [-0.05, 0) is 24.1 Å². The predicted molar refractivity (Wildman–Crippen MR) is 125 cm³/mol. The second kappa shape index (κ2) is 7.81. The Balaban J connectivity index is 1.29. The van der Waals surface area contributed by atoms with Crippen LogP contribution in [0.3, 0.4) is 0 Å². The first-order valence-electron chi connectivity index (χ1n) is 11.2. The molecule has 0 aliphatic carbocycles. The molecule has 0 saturated carbocycles. The van der Waals surface area contributed by atoms with Gasteiger partial charge in [-0.15, -0.1) is 0 Å². The minimum Gasteiger partial charge on any atom is -0.496 e. The van der Waals surface area contributed by atoms with Crippen molar-refractivity contribution in [1.29, 1.82) is 0 Å². The average Bonchev–Trinajstić information content (AvgIpc) is 3.48. The largest absolute Gasteiger partial charge is 0.496 e. The van der Waals surface area contributed by atoms with E-state index in [9.17, 15) is 0 Å². The maximum Gasteiger partial charge on any atom is 0.155 e. The van der Waals surface area contributed by atoms with Crippen LogP contribution in [0.15, 0.2) is 49.1 Å². The topological polar surface area (TPSA) is 78.2 Å². The van der Waals surface area contributed by atoms with Gasteiger partial charge in [0.25, 0.3) is 0 Å². The van der Waals surface area contributed by atoms with Gasteiger partial charge >= 0.3 is 0 Å². The van der Waals surface area contributed by atoms with Crippen molar-refractivity contribution in [2.24, 2.45) is 12.5 Å². The zero-order valence-corrected chi connectivity index (χ0v) is 18.9. The van der Waals surface area contributed by atoms with Crippen LogP contribution in [0.5, 0.6) is 5.75 Å². The van der Waals surface area contributed by atoms with Crippen molar-refractivity contribution in [3.05, 3.63) is 60.4 Å². The van der Waals surface area contributed by atoms with Gasteiger partial charge in [0, 0.05) is 73.7 Å². The summed E-state index contributed by atoms with van der Waals surface area (Å²) in [5, 5.41) is 5.27. The summed E-state index contributed by atoms with van der Waals surface area (Å²) in [6.45, 7) is 3.66. The maximum atomic E-state index is 5.70. The Labute approximate surface area is 192 Å². The minimum atomic E-state index is 0.295. The van der Waals surface area contributed by atoms with Gasteiger partial charge in [0.1, 0.15) is 17.1 Å². The van der Waals surface area contributed by atoms with E-state index < -0.39 is 0 Å². The van der Waals surface area contributed by atoms with Crippen LogP contribution < -0.4 is 9.64 Å². The zero-order valence-electron chi connectivity index (χ0n) is 18.9. The molecule has 0 amide bonds. The van der Waals surface area contributed by atoms with Gasteiger partial charge in [-0.25, -0.2) is 15.0 Å². The molecule has 2 aliphatic rings. The third-order valence-electron chi connectivity index (χ3n) is 6.74. The molecule has 168 valence electrons. The predicted octanol–water partition coefficient (Wildman–Crippen LogP) is 3.25. The molecule has 1 aromatic carbocycles. The first-order valence-corrected chi connectivity index (χ1v) is 11.2. The molecule has 8 nitrogen and oxygen atoms in total. The molecule has 0 N–H and O–H groups in total. The van der Waals surface area contributed by atoms with E-state index in [0.717, 1.165) is 77.7 Å².